The molecule has 3 nitrogen and oxygen atoms in total. The van der Waals surface area contributed by atoms with Gasteiger partial charge in [-0.15, -0.1) is 0 Å². The first-order valence-electron chi connectivity index (χ1n) is 4.54. The van der Waals surface area contributed by atoms with E-state index in [1.54, 1.807) is 6.92 Å². The number of hydrogen-bond acceptors (Lipinski definition) is 3. The van der Waals surface area contributed by atoms with Gasteiger partial charge in [0.1, 0.15) is 6.10 Å². The Morgan fingerprint density at radius 3 is 2.77 bits per heavy atom. The van der Waals surface area contributed by atoms with Crippen molar-refractivity contribution >= 4 is 17.6 Å². The molecule has 0 aliphatic carbocycles. The molecule has 0 radical (unpaired) electrons. The number of carbonyl (C=O) groups excluding carboxylic acids is 1. The number of alkyl halides is 1. The number of hydrogen-bond donors (Lipinski definition) is 0. The molecule has 0 aromatic heterocycles. The highest BCUT2D eigenvalue weighted by Gasteiger charge is 2.62. The summed E-state index contributed by atoms with van der Waals surface area (Å²) in [7, 11) is 0. The maximum atomic E-state index is 11.2. The molecule has 1 aliphatic rings. The quantitative estimate of drug-likeness (QED) is 0.401. The fraction of sp³-hybridized carbons (Fsp3) is 0.889. The van der Waals surface area contributed by atoms with Crippen LogP contribution in [0.25, 0.3) is 0 Å². The number of epoxide rings is 1. The summed E-state index contributed by atoms with van der Waals surface area (Å²) in [5.41, 5.74) is 0. The highest BCUT2D eigenvalue weighted by atomic mass is 35.5. The number of esters is 1. The fourth-order valence-corrected chi connectivity index (χ4v) is 1.46. The Hall–Kier alpha value is -0.280. The highest BCUT2D eigenvalue weighted by Crippen LogP contribution is 2.45. The molecule has 0 N–H and O–H groups in total. The van der Waals surface area contributed by atoms with Gasteiger partial charge in [0.25, 0.3) is 5.06 Å². The summed E-state index contributed by atoms with van der Waals surface area (Å²) in [5, 5.41) is -1.18. The molecule has 1 fully saturated rings. The standard InChI is InChI=1S/C9H15ClO3/c1-4-12-8(11)9(10)7(13-9)5-6(2)3/h6-7H,4-5H2,1-3H3. The van der Waals surface area contributed by atoms with E-state index in [0.717, 1.165) is 6.42 Å². The SMILES string of the molecule is CCOC(=O)C1(Cl)OC1CC(C)C. The largest absolute Gasteiger partial charge is 0.463 e. The van der Waals surface area contributed by atoms with Gasteiger partial charge in [0.15, 0.2) is 0 Å². The van der Waals surface area contributed by atoms with Crippen LogP contribution >= 0.6 is 11.6 Å². The van der Waals surface area contributed by atoms with Crippen LogP contribution < -0.4 is 0 Å². The van der Waals surface area contributed by atoms with Gasteiger partial charge in [-0.2, -0.15) is 0 Å². The van der Waals surface area contributed by atoms with Crippen LogP contribution in [-0.2, 0) is 14.3 Å². The maximum absolute atomic E-state index is 11.2. The van der Waals surface area contributed by atoms with E-state index in [0.29, 0.717) is 12.5 Å². The molecule has 1 heterocycles. The fourth-order valence-electron chi connectivity index (χ4n) is 1.21. The lowest BCUT2D eigenvalue weighted by Gasteiger charge is -2.04. The van der Waals surface area contributed by atoms with Crippen molar-refractivity contribution in [3.63, 3.8) is 0 Å². The predicted molar refractivity (Wildman–Crippen MR) is 49.5 cm³/mol. The average molecular weight is 207 g/mol. The first-order chi connectivity index (χ1) is 6.00. The normalized spacial score (nSPS) is 31.9. The van der Waals surface area contributed by atoms with E-state index in [9.17, 15) is 4.79 Å². The third-order valence-corrected chi connectivity index (χ3v) is 2.40. The van der Waals surface area contributed by atoms with E-state index in [2.05, 4.69) is 13.8 Å². The smallest absolute Gasteiger partial charge is 0.357 e. The maximum Gasteiger partial charge on any atom is 0.357 e. The summed E-state index contributed by atoms with van der Waals surface area (Å²) in [4.78, 5) is 11.2. The molecule has 0 spiro atoms. The van der Waals surface area contributed by atoms with Crippen molar-refractivity contribution in [3.8, 4) is 0 Å². The molecule has 0 saturated carbocycles. The summed E-state index contributed by atoms with van der Waals surface area (Å²) < 4.78 is 9.91. The minimum absolute atomic E-state index is 0.173. The minimum Gasteiger partial charge on any atom is -0.463 e. The van der Waals surface area contributed by atoms with Crippen molar-refractivity contribution in [3.05, 3.63) is 0 Å². The lowest BCUT2D eigenvalue weighted by molar-refractivity contribution is -0.146. The van der Waals surface area contributed by atoms with E-state index in [4.69, 9.17) is 21.1 Å². The lowest BCUT2D eigenvalue weighted by atomic mass is 10.1. The van der Waals surface area contributed by atoms with E-state index >= 15 is 0 Å². The van der Waals surface area contributed by atoms with Crippen molar-refractivity contribution in [2.24, 2.45) is 5.92 Å². The molecule has 0 aromatic carbocycles. The minimum atomic E-state index is -1.18. The number of ether oxygens (including phenoxy) is 2. The third-order valence-electron chi connectivity index (χ3n) is 1.91. The summed E-state index contributed by atoms with van der Waals surface area (Å²) in [5.74, 6) is 0.0161. The van der Waals surface area contributed by atoms with Gasteiger partial charge in [-0.05, 0) is 19.3 Å². The molecule has 0 aromatic rings. The topological polar surface area (TPSA) is 38.8 Å². The van der Waals surface area contributed by atoms with Crippen molar-refractivity contribution < 1.29 is 14.3 Å². The summed E-state index contributed by atoms with van der Waals surface area (Å²) in [6.07, 6.45) is 0.621. The van der Waals surface area contributed by atoms with E-state index < -0.39 is 11.0 Å². The van der Waals surface area contributed by atoms with Crippen LogP contribution in [0.3, 0.4) is 0 Å². The molecule has 2 atom stereocenters. The Morgan fingerprint density at radius 2 is 2.31 bits per heavy atom. The summed E-state index contributed by atoms with van der Waals surface area (Å²) >= 11 is 5.89. The Morgan fingerprint density at radius 1 is 1.69 bits per heavy atom. The molecule has 2 unspecified atom stereocenters. The zero-order valence-corrected chi connectivity index (χ0v) is 8.93. The molecule has 13 heavy (non-hydrogen) atoms. The van der Waals surface area contributed by atoms with Crippen molar-refractivity contribution in [1.29, 1.82) is 0 Å². The first-order valence-corrected chi connectivity index (χ1v) is 4.92. The van der Waals surface area contributed by atoms with Crippen LogP contribution in [0.4, 0.5) is 0 Å². The summed E-state index contributed by atoms with van der Waals surface area (Å²) in [6.45, 7) is 6.21. The molecule has 1 saturated heterocycles. The first kappa shape index (κ1) is 10.8. The Labute approximate surface area is 83.3 Å². The van der Waals surface area contributed by atoms with Gasteiger partial charge in [-0.3, -0.25) is 0 Å². The van der Waals surface area contributed by atoms with Gasteiger partial charge in [-0.1, -0.05) is 25.4 Å². The molecule has 0 amide bonds. The van der Waals surface area contributed by atoms with E-state index in [1.807, 2.05) is 0 Å². The second-order valence-corrected chi connectivity index (χ2v) is 4.16. The summed E-state index contributed by atoms with van der Waals surface area (Å²) in [6, 6.07) is 0. The Balaban J connectivity index is 2.40. The number of halogens is 1. The second-order valence-electron chi connectivity index (χ2n) is 3.60. The van der Waals surface area contributed by atoms with Gasteiger partial charge in [0.2, 0.25) is 0 Å². The molecule has 1 aliphatic heterocycles. The van der Waals surface area contributed by atoms with Crippen LogP contribution in [0.2, 0.25) is 0 Å². The van der Waals surface area contributed by atoms with Gasteiger partial charge in [0.05, 0.1) is 6.61 Å². The molecular weight excluding hydrogens is 192 g/mol. The number of carbonyl (C=O) groups is 1. The van der Waals surface area contributed by atoms with Gasteiger partial charge in [-0.25, -0.2) is 4.79 Å². The van der Waals surface area contributed by atoms with Crippen LogP contribution in [0.5, 0.6) is 0 Å². The van der Waals surface area contributed by atoms with Crippen LogP contribution in [0, 0.1) is 5.92 Å². The van der Waals surface area contributed by atoms with Gasteiger partial charge < -0.3 is 9.47 Å². The highest BCUT2D eigenvalue weighted by molar-refractivity contribution is 6.35. The molecule has 76 valence electrons. The van der Waals surface area contributed by atoms with Gasteiger partial charge in [0, 0.05) is 0 Å². The van der Waals surface area contributed by atoms with Crippen LogP contribution in [-0.4, -0.2) is 23.7 Å². The van der Waals surface area contributed by atoms with Crippen molar-refractivity contribution in [2.75, 3.05) is 6.61 Å². The van der Waals surface area contributed by atoms with E-state index in [-0.39, 0.29) is 6.10 Å². The Kier molecular flexibility index (Phi) is 3.19. The van der Waals surface area contributed by atoms with Gasteiger partial charge >= 0.3 is 5.97 Å². The predicted octanol–water partition coefficient (Wildman–Crippen LogP) is 1.93. The average Bonchev–Trinajstić information content (AvgIpc) is 2.62. The van der Waals surface area contributed by atoms with Crippen molar-refractivity contribution in [1.82, 2.24) is 0 Å². The van der Waals surface area contributed by atoms with Crippen LogP contribution in [0.1, 0.15) is 27.2 Å². The Bertz CT molecular complexity index is 205. The zero-order chi connectivity index (χ0) is 10.1. The molecule has 1 rings (SSSR count). The van der Waals surface area contributed by atoms with E-state index in [1.165, 1.54) is 0 Å². The molecular formula is C9H15ClO3. The number of rotatable bonds is 4. The zero-order valence-electron chi connectivity index (χ0n) is 8.17. The molecule has 4 heteroatoms. The third kappa shape index (κ3) is 2.35. The second kappa shape index (κ2) is 3.84. The van der Waals surface area contributed by atoms with Crippen LogP contribution in [0.15, 0.2) is 0 Å². The van der Waals surface area contributed by atoms with Crippen molar-refractivity contribution in [2.45, 2.75) is 38.4 Å². The molecule has 0 bridgehead atoms. The lowest BCUT2D eigenvalue weighted by Crippen LogP contribution is -2.24. The monoisotopic (exact) mass is 206 g/mol.